The van der Waals surface area contributed by atoms with Crippen molar-refractivity contribution in [3.63, 3.8) is 0 Å². The van der Waals surface area contributed by atoms with E-state index in [1.807, 2.05) is 0 Å². The molecule has 0 aliphatic carbocycles. The monoisotopic (exact) mass is 189 g/mol. The quantitative estimate of drug-likeness (QED) is 0.360. The van der Waals surface area contributed by atoms with Gasteiger partial charge in [0, 0.05) is 0 Å². The molecule has 0 heterocycles. The SMILES string of the molecule is O=C=NP(=S)(N=C=O)N=C=O. The predicted octanol–water partition coefficient (Wildman–Crippen LogP) is 0.218. The normalized spacial score (nSPS) is 12.7. The van der Waals surface area contributed by atoms with Crippen LogP contribution < -0.4 is 0 Å². The predicted molar refractivity (Wildman–Crippen MR) is 38.6 cm³/mol. The van der Waals surface area contributed by atoms with Gasteiger partial charge >= 0.3 is 6.49 Å². The summed E-state index contributed by atoms with van der Waals surface area (Å²) >= 11 is 4.42. The Balaban J connectivity index is 5.13. The first kappa shape index (κ1) is 9.79. The van der Waals surface area contributed by atoms with Crippen LogP contribution in [0.15, 0.2) is 14.3 Å². The van der Waals surface area contributed by atoms with Crippen LogP contribution in [0.2, 0.25) is 0 Å². The average Bonchev–Trinajstić information content (AvgIpc) is 1.88. The smallest absolute Gasteiger partial charge is 0.211 e. The van der Waals surface area contributed by atoms with Gasteiger partial charge in [-0.25, -0.2) is 14.4 Å². The molecule has 0 aliphatic heterocycles. The third-order valence-electron chi connectivity index (χ3n) is 0.513. The summed E-state index contributed by atoms with van der Waals surface area (Å²) < 4.78 is 8.69. The van der Waals surface area contributed by atoms with E-state index in [1.54, 1.807) is 0 Å². The highest BCUT2D eigenvalue weighted by atomic mass is 32.4. The number of carbonyl (C=O) groups excluding carboxylic acids is 3. The molecule has 0 fully saturated rings. The fourth-order valence-corrected chi connectivity index (χ4v) is 0.980. The van der Waals surface area contributed by atoms with Crippen LogP contribution in [0.1, 0.15) is 0 Å². The third kappa shape index (κ3) is 3.48. The van der Waals surface area contributed by atoms with Crippen LogP contribution in [0.5, 0.6) is 0 Å². The van der Waals surface area contributed by atoms with Gasteiger partial charge in [0.15, 0.2) is 0 Å². The number of hydrogen-bond acceptors (Lipinski definition) is 4. The maximum atomic E-state index is 9.66. The number of nitrogens with zero attached hydrogens (tertiary/aromatic N) is 3. The van der Waals surface area contributed by atoms with E-state index in [0.29, 0.717) is 0 Å². The number of rotatable bonds is 3. The summed E-state index contributed by atoms with van der Waals surface area (Å²) in [5, 5.41) is 0. The van der Waals surface area contributed by atoms with Crippen LogP contribution in [-0.4, -0.2) is 18.2 Å². The van der Waals surface area contributed by atoms with E-state index >= 15 is 0 Å². The highest BCUT2D eigenvalue weighted by Gasteiger charge is 2.11. The van der Waals surface area contributed by atoms with Crippen molar-refractivity contribution >= 4 is 36.5 Å². The average molecular weight is 189 g/mol. The molecule has 0 spiro atoms. The summed E-state index contributed by atoms with van der Waals surface area (Å²) in [6.45, 7) is -3.28. The van der Waals surface area contributed by atoms with E-state index in [-0.39, 0.29) is 0 Å². The summed E-state index contributed by atoms with van der Waals surface area (Å²) in [5.74, 6) is 0. The summed E-state index contributed by atoms with van der Waals surface area (Å²) in [7, 11) is 0. The molecular weight excluding hydrogens is 189 g/mol. The van der Waals surface area contributed by atoms with Gasteiger partial charge in [-0.05, 0) is 11.8 Å². The van der Waals surface area contributed by atoms with Gasteiger partial charge in [0.2, 0.25) is 18.2 Å². The molecule has 0 bridgehead atoms. The number of hydrogen-bond donors (Lipinski definition) is 0. The van der Waals surface area contributed by atoms with Crippen molar-refractivity contribution in [2.24, 2.45) is 14.3 Å². The van der Waals surface area contributed by atoms with E-state index in [9.17, 15) is 14.4 Å². The van der Waals surface area contributed by atoms with Gasteiger partial charge in [-0.1, -0.05) is 0 Å². The lowest BCUT2D eigenvalue weighted by molar-refractivity contribution is 0.566. The molecule has 0 aromatic carbocycles. The molecule has 0 unspecified atom stereocenters. The highest BCUT2D eigenvalue weighted by Crippen LogP contribution is 2.49. The molecule has 0 amide bonds. The molecule has 0 saturated carbocycles. The summed E-state index contributed by atoms with van der Waals surface area (Å²) in [6.07, 6.45) is 3.16. The molecule has 0 atom stereocenters. The Morgan fingerprint density at radius 3 is 1.36 bits per heavy atom. The maximum Gasteiger partial charge on any atom is 0.307 e. The first-order valence-electron chi connectivity index (χ1n) is 2.07. The van der Waals surface area contributed by atoms with Crippen molar-refractivity contribution in [1.82, 2.24) is 0 Å². The maximum absolute atomic E-state index is 9.66. The van der Waals surface area contributed by atoms with Crippen molar-refractivity contribution < 1.29 is 14.4 Å². The van der Waals surface area contributed by atoms with Gasteiger partial charge in [-0.2, -0.15) is 0 Å². The van der Waals surface area contributed by atoms with Crippen molar-refractivity contribution in [3.8, 4) is 0 Å². The molecule has 0 aromatic heterocycles. The van der Waals surface area contributed by atoms with E-state index in [0.717, 1.165) is 18.2 Å². The molecule has 11 heavy (non-hydrogen) atoms. The molecule has 0 saturated heterocycles. The minimum atomic E-state index is -3.28. The van der Waals surface area contributed by atoms with Gasteiger partial charge in [0.25, 0.3) is 0 Å². The Morgan fingerprint density at radius 2 is 1.18 bits per heavy atom. The Bertz CT molecular complexity index is 281. The molecular formula is C3N3O3PS. The molecule has 0 aromatic rings. The van der Waals surface area contributed by atoms with Gasteiger partial charge in [-0.15, -0.1) is 14.3 Å². The van der Waals surface area contributed by atoms with Crippen LogP contribution in [0, 0.1) is 0 Å². The molecule has 56 valence electrons. The molecule has 0 N–H and O–H groups in total. The molecule has 6 nitrogen and oxygen atoms in total. The molecule has 0 rings (SSSR count). The fraction of sp³-hybridized carbons (Fsp3) is 0. The zero-order valence-electron chi connectivity index (χ0n) is 4.92. The van der Waals surface area contributed by atoms with Crippen LogP contribution in [0.4, 0.5) is 0 Å². The molecule has 0 radical (unpaired) electrons. The zero-order chi connectivity index (χ0) is 8.74. The van der Waals surface area contributed by atoms with E-state index in [4.69, 9.17) is 0 Å². The highest BCUT2D eigenvalue weighted by molar-refractivity contribution is 8.12. The second kappa shape index (κ2) is 4.58. The van der Waals surface area contributed by atoms with Crippen LogP contribution in [0.3, 0.4) is 0 Å². The van der Waals surface area contributed by atoms with Gasteiger partial charge in [0.05, 0.1) is 0 Å². The lowest BCUT2D eigenvalue weighted by Gasteiger charge is -1.92. The first-order valence-corrected chi connectivity index (χ1v) is 4.73. The second-order valence-corrected chi connectivity index (χ2v) is 4.18. The van der Waals surface area contributed by atoms with Gasteiger partial charge in [0.1, 0.15) is 0 Å². The minimum Gasteiger partial charge on any atom is -0.211 e. The van der Waals surface area contributed by atoms with Crippen molar-refractivity contribution in [2.75, 3.05) is 0 Å². The Morgan fingerprint density at radius 1 is 0.909 bits per heavy atom. The van der Waals surface area contributed by atoms with Crippen LogP contribution >= 0.6 is 6.49 Å². The topological polar surface area (TPSA) is 88.3 Å². The summed E-state index contributed by atoms with van der Waals surface area (Å²) in [5.41, 5.74) is 0. The van der Waals surface area contributed by atoms with Crippen LogP contribution in [0.25, 0.3) is 0 Å². The Hall–Kier alpha value is -1.21. The second-order valence-electron chi connectivity index (χ2n) is 1.09. The fourth-order valence-electron chi connectivity index (χ4n) is 0.227. The summed E-state index contributed by atoms with van der Waals surface area (Å²) in [6, 6.07) is 0. The lowest BCUT2D eigenvalue weighted by Crippen LogP contribution is -1.65. The Labute approximate surface area is 65.9 Å². The zero-order valence-corrected chi connectivity index (χ0v) is 6.63. The van der Waals surface area contributed by atoms with Crippen molar-refractivity contribution in [3.05, 3.63) is 0 Å². The Kier molecular flexibility index (Phi) is 4.08. The lowest BCUT2D eigenvalue weighted by atomic mass is 11.7. The van der Waals surface area contributed by atoms with Crippen molar-refractivity contribution in [1.29, 1.82) is 0 Å². The van der Waals surface area contributed by atoms with E-state index < -0.39 is 6.49 Å². The number of isocyanates is 3. The van der Waals surface area contributed by atoms with E-state index in [2.05, 4.69) is 26.1 Å². The summed E-state index contributed by atoms with van der Waals surface area (Å²) in [4.78, 5) is 29.0. The van der Waals surface area contributed by atoms with Gasteiger partial charge < -0.3 is 0 Å². The largest absolute Gasteiger partial charge is 0.307 e. The van der Waals surface area contributed by atoms with Crippen LogP contribution in [-0.2, 0) is 26.2 Å². The minimum absolute atomic E-state index is 1.05. The van der Waals surface area contributed by atoms with Crippen molar-refractivity contribution in [2.45, 2.75) is 0 Å². The first-order chi connectivity index (χ1) is 5.18. The van der Waals surface area contributed by atoms with E-state index in [1.165, 1.54) is 0 Å². The third-order valence-corrected chi connectivity index (χ3v) is 2.27. The molecule has 0 aliphatic rings. The standard InChI is InChI=1S/C3N3O3PS/c7-1-4-10(11,5-2-8)6-3-9. The molecule has 8 heteroatoms. The van der Waals surface area contributed by atoms with Gasteiger partial charge in [-0.3, -0.25) is 0 Å².